The Morgan fingerprint density at radius 2 is 1.79 bits per heavy atom. The molecule has 106 valence electrons. The minimum atomic E-state index is -0.179. The topological polar surface area (TPSA) is 50.4 Å². The van der Waals surface area contributed by atoms with Crippen LogP contribution in [0.2, 0.25) is 0 Å². The molecular formula is C14H21ClN2O2. The first-order valence-electron chi connectivity index (χ1n) is 6.22. The molecule has 0 saturated heterocycles. The summed E-state index contributed by atoms with van der Waals surface area (Å²) in [6.07, 6.45) is 0. The SMILES string of the molecule is CC(C)(C)Nc1ccc(NC(=O)COCCCl)cc1. The van der Waals surface area contributed by atoms with Crippen LogP contribution in [-0.4, -0.2) is 30.5 Å². The lowest BCUT2D eigenvalue weighted by molar-refractivity contribution is -0.120. The molecule has 1 aromatic rings. The van der Waals surface area contributed by atoms with E-state index in [2.05, 4.69) is 31.4 Å². The van der Waals surface area contributed by atoms with Crippen molar-refractivity contribution in [2.24, 2.45) is 0 Å². The van der Waals surface area contributed by atoms with Crippen molar-refractivity contribution >= 4 is 28.9 Å². The molecule has 0 aliphatic carbocycles. The maximum atomic E-state index is 11.5. The van der Waals surface area contributed by atoms with Gasteiger partial charge in [0.2, 0.25) is 5.91 Å². The summed E-state index contributed by atoms with van der Waals surface area (Å²) >= 11 is 5.45. The van der Waals surface area contributed by atoms with Gasteiger partial charge >= 0.3 is 0 Å². The van der Waals surface area contributed by atoms with Crippen LogP contribution in [0.1, 0.15) is 20.8 Å². The number of hydrogen-bond acceptors (Lipinski definition) is 3. The maximum Gasteiger partial charge on any atom is 0.250 e. The highest BCUT2D eigenvalue weighted by atomic mass is 35.5. The van der Waals surface area contributed by atoms with E-state index in [1.54, 1.807) is 0 Å². The van der Waals surface area contributed by atoms with Gasteiger partial charge in [0.15, 0.2) is 0 Å². The zero-order chi connectivity index (χ0) is 14.3. The summed E-state index contributed by atoms with van der Waals surface area (Å²) in [5.74, 6) is 0.210. The molecule has 0 heterocycles. The van der Waals surface area contributed by atoms with E-state index in [1.165, 1.54) is 0 Å². The molecular weight excluding hydrogens is 264 g/mol. The van der Waals surface area contributed by atoms with Crippen molar-refractivity contribution in [3.63, 3.8) is 0 Å². The predicted molar refractivity (Wildman–Crippen MR) is 80.0 cm³/mol. The van der Waals surface area contributed by atoms with Gasteiger partial charge in [-0.05, 0) is 45.0 Å². The number of carbonyl (C=O) groups is 1. The van der Waals surface area contributed by atoms with E-state index in [0.29, 0.717) is 12.5 Å². The largest absolute Gasteiger partial charge is 0.380 e. The Kier molecular flexibility index (Phi) is 6.12. The fourth-order valence-electron chi connectivity index (χ4n) is 1.49. The Hall–Kier alpha value is -1.26. The van der Waals surface area contributed by atoms with Crippen LogP contribution in [0.25, 0.3) is 0 Å². The van der Waals surface area contributed by atoms with Gasteiger partial charge < -0.3 is 15.4 Å². The van der Waals surface area contributed by atoms with Gasteiger partial charge in [-0.2, -0.15) is 0 Å². The van der Waals surface area contributed by atoms with E-state index in [4.69, 9.17) is 16.3 Å². The van der Waals surface area contributed by atoms with Crippen LogP contribution in [0.15, 0.2) is 24.3 Å². The summed E-state index contributed by atoms with van der Waals surface area (Å²) in [6.45, 7) is 6.68. The quantitative estimate of drug-likeness (QED) is 0.623. The molecule has 0 atom stereocenters. The number of alkyl halides is 1. The number of halogens is 1. The molecule has 0 aromatic heterocycles. The van der Waals surface area contributed by atoms with Crippen molar-refractivity contribution in [2.45, 2.75) is 26.3 Å². The molecule has 0 aliphatic heterocycles. The van der Waals surface area contributed by atoms with Crippen LogP contribution in [0.5, 0.6) is 0 Å². The van der Waals surface area contributed by atoms with Crippen LogP contribution in [0, 0.1) is 0 Å². The van der Waals surface area contributed by atoms with Gasteiger partial charge in [-0.25, -0.2) is 0 Å². The zero-order valence-electron chi connectivity index (χ0n) is 11.6. The third kappa shape index (κ3) is 7.03. The summed E-state index contributed by atoms with van der Waals surface area (Å²) in [5.41, 5.74) is 1.78. The first-order valence-corrected chi connectivity index (χ1v) is 6.76. The molecule has 0 radical (unpaired) electrons. The number of hydrogen-bond donors (Lipinski definition) is 2. The lowest BCUT2D eigenvalue weighted by Gasteiger charge is -2.22. The van der Waals surface area contributed by atoms with Gasteiger partial charge in [-0.3, -0.25) is 4.79 Å². The molecule has 0 aliphatic rings. The Morgan fingerprint density at radius 1 is 1.21 bits per heavy atom. The van der Waals surface area contributed by atoms with Gasteiger partial charge in [0.1, 0.15) is 6.61 Å². The van der Waals surface area contributed by atoms with Gasteiger partial charge in [0.05, 0.1) is 6.61 Å². The van der Waals surface area contributed by atoms with E-state index in [0.717, 1.165) is 11.4 Å². The average molecular weight is 285 g/mol. The van der Waals surface area contributed by atoms with Crippen molar-refractivity contribution in [3.8, 4) is 0 Å². The number of nitrogens with one attached hydrogen (secondary N) is 2. The van der Waals surface area contributed by atoms with Crippen molar-refractivity contribution in [1.29, 1.82) is 0 Å². The van der Waals surface area contributed by atoms with Crippen LogP contribution in [0.3, 0.4) is 0 Å². The smallest absolute Gasteiger partial charge is 0.250 e. The molecule has 0 saturated carbocycles. The third-order valence-corrected chi connectivity index (χ3v) is 2.30. The number of rotatable bonds is 6. The number of amides is 1. The molecule has 1 aromatic carbocycles. The van der Waals surface area contributed by atoms with Gasteiger partial charge in [-0.15, -0.1) is 11.6 Å². The molecule has 19 heavy (non-hydrogen) atoms. The van der Waals surface area contributed by atoms with Gasteiger partial charge in [-0.1, -0.05) is 0 Å². The Bertz CT molecular complexity index is 399. The van der Waals surface area contributed by atoms with Gasteiger partial charge in [0.25, 0.3) is 0 Å². The monoisotopic (exact) mass is 284 g/mol. The molecule has 0 fully saturated rings. The summed E-state index contributed by atoms with van der Waals surface area (Å²) in [5, 5.41) is 6.11. The average Bonchev–Trinajstić information content (AvgIpc) is 2.30. The van der Waals surface area contributed by atoms with E-state index < -0.39 is 0 Å². The maximum absolute atomic E-state index is 11.5. The second-order valence-electron chi connectivity index (χ2n) is 5.24. The molecule has 4 nitrogen and oxygen atoms in total. The molecule has 0 spiro atoms. The van der Waals surface area contributed by atoms with Gasteiger partial charge in [0, 0.05) is 22.8 Å². The molecule has 1 rings (SSSR count). The normalized spacial score (nSPS) is 11.2. The minimum absolute atomic E-state index is 0.0141. The minimum Gasteiger partial charge on any atom is -0.380 e. The molecule has 0 bridgehead atoms. The first kappa shape index (κ1) is 15.8. The van der Waals surface area contributed by atoms with Crippen LogP contribution < -0.4 is 10.6 Å². The Balaban J connectivity index is 2.46. The highest BCUT2D eigenvalue weighted by Crippen LogP contribution is 2.17. The number of benzene rings is 1. The molecule has 2 N–H and O–H groups in total. The summed E-state index contributed by atoms with van der Waals surface area (Å²) in [4.78, 5) is 11.5. The summed E-state index contributed by atoms with van der Waals surface area (Å²) in [7, 11) is 0. The Morgan fingerprint density at radius 3 is 2.32 bits per heavy atom. The molecule has 1 amide bonds. The van der Waals surface area contributed by atoms with E-state index >= 15 is 0 Å². The van der Waals surface area contributed by atoms with Crippen molar-refractivity contribution in [2.75, 3.05) is 29.7 Å². The fraction of sp³-hybridized carbons (Fsp3) is 0.500. The molecule has 5 heteroatoms. The lowest BCUT2D eigenvalue weighted by Crippen LogP contribution is -2.26. The zero-order valence-corrected chi connectivity index (χ0v) is 12.4. The number of carbonyl (C=O) groups excluding carboxylic acids is 1. The standard InChI is InChI=1S/C14H21ClN2O2/c1-14(2,3)17-12-6-4-11(5-7-12)16-13(18)10-19-9-8-15/h4-7,17H,8-10H2,1-3H3,(H,16,18). The van der Waals surface area contributed by atoms with Crippen molar-refractivity contribution < 1.29 is 9.53 Å². The number of anilines is 2. The molecule has 0 unspecified atom stereocenters. The van der Waals surface area contributed by atoms with Crippen molar-refractivity contribution in [1.82, 2.24) is 0 Å². The van der Waals surface area contributed by atoms with E-state index in [9.17, 15) is 4.79 Å². The lowest BCUT2D eigenvalue weighted by atomic mass is 10.1. The summed E-state index contributed by atoms with van der Waals surface area (Å²) in [6, 6.07) is 7.57. The third-order valence-electron chi connectivity index (χ3n) is 2.14. The highest BCUT2D eigenvalue weighted by molar-refractivity contribution is 6.18. The van der Waals surface area contributed by atoms with Crippen LogP contribution >= 0.6 is 11.6 Å². The second kappa shape index (κ2) is 7.36. The number of ether oxygens (including phenoxy) is 1. The fourth-order valence-corrected chi connectivity index (χ4v) is 1.60. The van der Waals surface area contributed by atoms with E-state index in [-0.39, 0.29) is 18.1 Å². The second-order valence-corrected chi connectivity index (χ2v) is 5.62. The van der Waals surface area contributed by atoms with E-state index in [1.807, 2.05) is 24.3 Å². The highest BCUT2D eigenvalue weighted by Gasteiger charge is 2.09. The van der Waals surface area contributed by atoms with Crippen molar-refractivity contribution in [3.05, 3.63) is 24.3 Å². The first-order chi connectivity index (χ1) is 8.90. The van der Waals surface area contributed by atoms with Crippen LogP contribution in [-0.2, 0) is 9.53 Å². The predicted octanol–water partition coefficient (Wildman–Crippen LogP) is 3.09. The summed E-state index contributed by atoms with van der Waals surface area (Å²) < 4.78 is 5.05. The Labute approximate surface area is 119 Å². The van der Waals surface area contributed by atoms with Crippen LogP contribution in [0.4, 0.5) is 11.4 Å².